The third kappa shape index (κ3) is 3.86. The van der Waals surface area contributed by atoms with E-state index in [2.05, 4.69) is 81.0 Å². The van der Waals surface area contributed by atoms with Crippen LogP contribution in [0.3, 0.4) is 0 Å². The maximum absolute atomic E-state index is 4.75. The topological polar surface area (TPSA) is 24.9 Å². The Balaban J connectivity index is 2.24. The van der Waals surface area contributed by atoms with E-state index in [1.54, 1.807) is 0 Å². The fourth-order valence-corrected chi connectivity index (χ4v) is 3.82. The molecule has 2 nitrogen and oxygen atoms in total. The Kier molecular flexibility index (Phi) is 4.79. The SMILES string of the molecule is Cc1cc(Br)ccc1NC(C)c1sc(C(C)(C)C)nc1C. The van der Waals surface area contributed by atoms with Gasteiger partial charge in [-0.2, -0.15) is 0 Å². The molecule has 2 aromatic rings. The Labute approximate surface area is 140 Å². The summed E-state index contributed by atoms with van der Waals surface area (Å²) in [4.78, 5) is 6.07. The lowest BCUT2D eigenvalue weighted by Gasteiger charge is -2.17. The normalized spacial score (nSPS) is 13.3. The number of hydrogen-bond acceptors (Lipinski definition) is 3. The smallest absolute Gasteiger partial charge is 0.0985 e. The zero-order valence-corrected chi connectivity index (χ0v) is 15.9. The van der Waals surface area contributed by atoms with Crippen LogP contribution in [0.4, 0.5) is 5.69 Å². The van der Waals surface area contributed by atoms with Crippen molar-refractivity contribution >= 4 is 33.0 Å². The van der Waals surface area contributed by atoms with E-state index >= 15 is 0 Å². The largest absolute Gasteiger partial charge is 0.377 e. The number of anilines is 1. The highest BCUT2D eigenvalue weighted by atomic mass is 79.9. The molecule has 1 atom stereocenters. The molecule has 0 aliphatic rings. The van der Waals surface area contributed by atoms with E-state index in [1.807, 2.05) is 11.3 Å². The predicted molar refractivity (Wildman–Crippen MR) is 96.5 cm³/mol. The predicted octanol–water partition coefficient (Wildman–Crippen LogP) is 5.99. The third-order valence-electron chi connectivity index (χ3n) is 3.43. The summed E-state index contributed by atoms with van der Waals surface area (Å²) < 4.78 is 1.11. The first-order valence-electron chi connectivity index (χ1n) is 7.19. The number of benzene rings is 1. The van der Waals surface area contributed by atoms with Gasteiger partial charge in [0.05, 0.1) is 16.7 Å². The maximum Gasteiger partial charge on any atom is 0.0985 e. The first-order valence-corrected chi connectivity index (χ1v) is 8.80. The number of hydrogen-bond donors (Lipinski definition) is 1. The van der Waals surface area contributed by atoms with Gasteiger partial charge in [-0.15, -0.1) is 11.3 Å². The van der Waals surface area contributed by atoms with Crippen LogP contribution in [0, 0.1) is 13.8 Å². The fraction of sp³-hybridized carbons (Fsp3) is 0.471. The highest BCUT2D eigenvalue weighted by Gasteiger charge is 2.22. The van der Waals surface area contributed by atoms with Gasteiger partial charge in [0.25, 0.3) is 0 Å². The first kappa shape index (κ1) is 16.5. The van der Waals surface area contributed by atoms with Crippen molar-refractivity contribution in [1.82, 2.24) is 4.98 Å². The lowest BCUT2D eigenvalue weighted by Crippen LogP contribution is -2.10. The summed E-state index contributed by atoms with van der Waals surface area (Å²) in [6.45, 7) is 13.1. The van der Waals surface area contributed by atoms with Crippen LogP contribution in [0.5, 0.6) is 0 Å². The molecule has 1 N–H and O–H groups in total. The lowest BCUT2D eigenvalue weighted by molar-refractivity contribution is 0.584. The van der Waals surface area contributed by atoms with E-state index in [0.29, 0.717) is 0 Å². The molecule has 1 heterocycles. The van der Waals surface area contributed by atoms with Crippen LogP contribution in [0.15, 0.2) is 22.7 Å². The number of halogens is 1. The molecule has 1 aromatic carbocycles. The molecule has 114 valence electrons. The van der Waals surface area contributed by atoms with Crippen LogP contribution in [0.25, 0.3) is 0 Å². The van der Waals surface area contributed by atoms with E-state index in [-0.39, 0.29) is 11.5 Å². The molecule has 1 unspecified atom stereocenters. The summed E-state index contributed by atoms with van der Waals surface area (Å²) in [5.74, 6) is 0. The van der Waals surface area contributed by atoms with Crippen molar-refractivity contribution in [3.8, 4) is 0 Å². The zero-order valence-electron chi connectivity index (χ0n) is 13.5. The van der Waals surface area contributed by atoms with E-state index in [0.717, 1.165) is 10.2 Å². The average molecular weight is 367 g/mol. The third-order valence-corrected chi connectivity index (χ3v) is 5.69. The number of aromatic nitrogens is 1. The van der Waals surface area contributed by atoms with Crippen molar-refractivity contribution < 1.29 is 0 Å². The maximum atomic E-state index is 4.75. The van der Waals surface area contributed by atoms with Crippen molar-refractivity contribution in [2.75, 3.05) is 5.32 Å². The van der Waals surface area contributed by atoms with Gasteiger partial charge < -0.3 is 5.32 Å². The van der Waals surface area contributed by atoms with Crippen molar-refractivity contribution in [3.05, 3.63) is 43.8 Å². The number of thiazole rings is 1. The van der Waals surface area contributed by atoms with Crippen LogP contribution in [0.1, 0.15) is 54.9 Å². The minimum absolute atomic E-state index is 0.112. The molecule has 1 aromatic heterocycles. The van der Waals surface area contributed by atoms with Gasteiger partial charge >= 0.3 is 0 Å². The number of aryl methyl sites for hydroxylation is 2. The van der Waals surface area contributed by atoms with E-state index < -0.39 is 0 Å². The second kappa shape index (κ2) is 6.09. The van der Waals surface area contributed by atoms with Gasteiger partial charge in [0.2, 0.25) is 0 Å². The summed E-state index contributed by atoms with van der Waals surface area (Å²) >= 11 is 5.33. The lowest BCUT2D eigenvalue weighted by atomic mass is 9.98. The van der Waals surface area contributed by atoms with Crippen molar-refractivity contribution in [1.29, 1.82) is 0 Å². The van der Waals surface area contributed by atoms with Gasteiger partial charge in [-0.25, -0.2) is 4.98 Å². The molecule has 0 saturated carbocycles. The second-order valence-corrected chi connectivity index (χ2v) is 8.49. The highest BCUT2D eigenvalue weighted by Crippen LogP contribution is 2.34. The van der Waals surface area contributed by atoms with Gasteiger partial charge in [0, 0.05) is 20.5 Å². The quantitative estimate of drug-likeness (QED) is 0.720. The Bertz CT molecular complexity index is 641. The van der Waals surface area contributed by atoms with E-state index in [4.69, 9.17) is 4.98 Å². The number of rotatable bonds is 3. The van der Waals surface area contributed by atoms with Gasteiger partial charge in [-0.3, -0.25) is 0 Å². The second-order valence-electron chi connectivity index (χ2n) is 6.54. The zero-order chi connectivity index (χ0) is 15.8. The monoisotopic (exact) mass is 366 g/mol. The molecule has 4 heteroatoms. The Morgan fingerprint density at radius 2 is 1.90 bits per heavy atom. The molecule has 0 bridgehead atoms. The molecule has 21 heavy (non-hydrogen) atoms. The molecule has 0 aliphatic heterocycles. The van der Waals surface area contributed by atoms with E-state index in [1.165, 1.54) is 21.1 Å². The molecule has 2 rings (SSSR count). The standard InChI is InChI=1S/C17H23BrN2S/c1-10-9-13(18)7-8-14(10)19-11(2)15-12(3)20-16(21-15)17(4,5)6/h7-9,11,19H,1-6H3. The molecular formula is C17H23BrN2S. The van der Waals surface area contributed by atoms with Crippen LogP contribution >= 0.6 is 27.3 Å². The van der Waals surface area contributed by atoms with Crippen molar-refractivity contribution in [2.45, 2.75) is 53.0 Å². The van der Waals surface area contributed by atoms with Crippen molar-refractivity contribution in [2.24, 2.45) is 0 Å². The van der Waals surface area contributed by atoms with Crippen LogP contribution in [-0.2, 0) is 5.41 Å². The summed E-state index contributed by atoms with van der Waals surface area (Å²) in [5.41, 5.74) is 3.67. The highest BCUT2D eigenvalue weighted by molar-refractivity contribution is 9.10. The Morgan fingerprint density at radius 3 is 2.43 bits per heavy atom. The molecule has 0 spiro atoms. The molecular weight excluding hydrogens is 344 g/mol. The molecule has 0 saturated heterocycles. The fourth-order valence-electron chi connectivity index (χ4n) is 2.22. The van der Waals surface area contributed by atoms with Crippen molar-refractivity contribution in [3.63, 3.8) is 0 Å². The summed E-state index contributed by atoms with van der Waals surface area (Å²) in [6, 6.07) is 6.59. The van der Waals surface area contributed by atoms with Crippen LogP contribution < -0.4 is 5.32 Å². The van der Waals surface area contributed by atoms with Crippen LogP contribution in [-0.4, -0.2) is 4.98 Å². The minimum Gasteiger partial charge on any atom is -0.377 e. The molecule has 0 aliphatic carbocycles. The summed E-state index contributed by atoms with van der Waals surface area (Å²) in [5, 5.41) is 4.81. The van der Waals surface area contributed by atoms with Crippen LogP contribution in [0.2, 0.25) is 0 Å². The van der Waals surface area contributed by atoms with Gasteiger partial charge in [0.1, 0.15) is 0 Å². The Morgan fingerprint density at radius 1 is 1.24 bits per heavy atom. The molecule has 0 fully saturated rings. The number of nitrogens with one attached hydrogen (secondary N) is 1. The number of nitrogens with zero attached hydrogens (tertiary/aromatic N) is 1. The van der Waals surface area contributed by atoms with E-state index in [9.17, 15) is 0 Å². The summed E-state index contributed by atoms with van der Waals surface area (Å²) in [6.07, 6.45) is 0. The Hall–Kier alpha value is -0.870. The minimum atomic E-state index is 0.112. The van der Waals surface area contributed by atoms with Gasteiger partial charge in [-0.1, -0.05) is 36.7 Å². The van der Waals surface area contributed by atoms with Gasteiger partial charge in [-0.05, 0) is 44.5 Å². The van der Waals surface area contributed by atoms with Gasteiger partial charge in [0.15, 0.2) is 0 Å². The first-order chi connectivity index (χ1) is 9.68. The molecule has 0 radical (unpaired) electrons. The summed E-state index contributed by atoms with van der Waals surface area (Å²) in [7, 11) is 0. The average Bonchev–Trinajstić information content (AvgIpc) is 2.75. The molecule has 0 amide bonds.